The van der Waals surface area contributed by atoms with Crippen LogP contribution in [0.4, 0.5) is 9.80 Å². The van der Waals surface area contributed by atoms with Crippen molar-refractivity contribution < 1.29 is 14.3 Å². The SMILES string of the molecule is CCCCCNC(=O)Nc1snc(OCCC)c1C(N)=O. The average Bonchev–Trinajstić information content (AvgIpc) is 2.84. The molecule has 1 aromatic heterocycles. The van der Waals surface area contributed by atoms with Gasteiger partial charge in [-0.3, -0.25) is 10.1 Å². The third kappa shape index (κ3) is 5.58. The second-order valence-electron chi connectivity index (χ2n) is 4.49. The second kappa shape index (κ2) is 9.17. The van der Waals surface area contributed by atoms with Crippen LogP contribution in [-0.2, 0) is 0 Å². The van der Waals surface area contributed by atoms with Gasteiger partial charge in [-0.15, -0.1) is 0 Å². The molecule has 0 aliphatic heterocycles. The summed E-state index contributed by atoms with van der Waals surface area (Å²) in [6, 6.07) is -0.376. The summed E-state index contributed by atoms with van der Waals surface area (Å²) < 4.78 is 9.36. The Bertz CT molecular complexity index is 476. The highest BCUT2D eigenvalue weighted by Gasteiger charge is 2.21. The van der Waals surface area contributed by atoms with Crippen molar-refractivity contribution in [3.8, 4) is 5.88 Å². The number of nitrogens with zero attached hydrogens (tertiary/aromatic N) is 1. The van der Waals surface area contributed by atoms with Gasteiger partial charge in [0, 0.05) is 6.54 Å². The van der Waals surface area contributed by atoms with Gasteiger partial charge in [0.15, 0.2) is 0 Å². The van der Waals surface area contributed by atoms with Crippen LogP contribution in [-0.4, -0.2) is 29.5 Å². The molecule has 21 heavy (non-hydrogen) atoms. The van der Waals surface area contributed by atoms with Crippen LogP contribution in [0.1, 0.15) is 49.9 Å². The number of ether oxygens (including phenoxy) is 1. The van der Waals surface area contributed by atoms with Gasteiger partial charge in [-0.25, -0.2) is 4.79 Å². The van der Waals surface area contributed by atoms with Gasteiger partial charge in [0.2, 0.25) is 5.88 Å². The summed E-state index contributed by atoms with van der Waals surface area (Å²) in [6.07, 6.45) is 3.85. The van der Waals surface area contributed by atoms with Gasteiger partial charge in [0.25, 0.3) is 5.91 Å². The standard InChI is InChI=1S/C13H22N4O3S/c1-3-5-6-7-15-13(19)16-12-9(10(14)18)11(17-21-12)20-8-4-2/h3-8H2,1-2H3,(H2,14,18)(H2,15,16,19). The summed E-state index contributed by atoms with van der Waals surface area (Å²) in [5, 5.41) is 5.62. The van der Waals surface area contributed by atoms with Crippen LogP contribution in [0, 0.1) is 0 Å². The topological polar surface area (TPSA) is 106 Å². The smallest absolute Gasteiger partial charge is 0.319 e. The number of amides is 3. The van der Waals surface area contributed by atoms with E-state index >= 15 is 0 Å². The molecular formula is C13H22N4O3S. The number of nitrogens with two attached hydrogens (primary N) is 1. The van der Waals surface area contributed by atoms with E-state index in [0.29, 0.717) is 18.2 Å². The Morgan fingerprint density at radius 3 is 2.67 bits per heavy atom. The number of aromatic nitrogens is 1. The number of nitrogens with one attached hydrogen (secondary N) is 2. The number of urea groups is 1. The molecule has 0 aromatic carbocycles. The Morgan fingerprint density at radius 2 is 2.05 bits per heavy atom. The van der Waals surface area contributed by atoms with E-state index in [4.69, 9.17) is 10.5 Å². The maximum absolute atomic E-state index is 11.7. The summed E-state index contributed by atoms with van der Waals surface area (Å²) in [7, 11) is 0. The molecule has 0 radical (unpaired) electrons. The third-order valence-electron chi connectivity index (χ3n) is 2.64. The molecule has 1 aromatic rings. The number of primary amides is 1. The molecule has 118 valence electrons. The van der Waals surface area contributed by atoms with E-state index in [0.717, 1.165) is 37.2 Å². The van der Waals surface area contributed by atoms with Gasteiger partial charge in [-0.1, -0.05) is 26.7 Å². The van der Waals surface area contributed by atoms with E-state index < -0.39 is 5.91 Å². The normalized spacial score (nSPS) is 10.2. The zero-order chi connectivity index (χ0) is 15.7. The van der Waals surface area contributed by atoms with Crippen LogP contribution in [0.5, 0.6) is 5.88 Å². The van der Waals surface area contributed by atoms with Crippen molar-refractivity contribution >= 4 is 28.5 Å². The van der Waals surface area contributed by atoms with Gasteiger partial charge >= 0.3 is 6.03 Å². The molecule has 0 atom stereocenters. The molecule has 0 spiro atoms. The Kier molecular flexibility index (Phi) is 7.52. The fourth-order valence-electron chi connectivity index (χ4n) is 1.60. The predicted octanol–water partition coefficient (Wildman–Crippen LogP) is 2.34. The molecule has 0 aliphatic rings. The third-order valence-corrected chi connectivity index (χ3v) is 3.39. The quantitative estimate of drug-likeness (QED) is 0.608. The molecule has 4 N–H and O–H groups in total. The molecule has 0 aliphatic carbocycles. The molecule has 1 heterocycles. The molecule has 3 amide bonds. The Morgan fingerprint density at radius 1 is 1.29 bits per heavy atom. The molecule has 0 fully saturated rings. The Balaban J connectivity index is 2.63. The lowest BCUT2D eigenvalue weighted by Gasteiger charge is -2.07. The molecule has 7 nitrogen and oxygen atoms in total. The Labute approximate surface area is 128 Å². The van der Waals surface area contributed by atoms with Crippen LogP contribution in [0.15, 0.2) is 0 Å². The van der Waals surface area contributed by atoms with Crippen LogP contribution in [0.3, 0.4) is 0 Å². The van der Waals surface area contributed by atoms with E-state index in [9.17, 15) is 9.59 Å². The zero-order valence-corrected chi connectivity index (χ0v) is 13.2. The number of hydrogen-bond donors (Lipinski definition) is 3. The van der Waals surface area contributed by atoms with Gasteiger partial charge in [-0.2, -0.15) is 4.37 Å². The highest BCUT2D eigenvalue weighted by atomic mass is 32.1. The van der Waals surface area contributed by atoms with Crippen molar-refractivity contribution in [1.29, 1.82) is 0 Å². The lowest BCUT2D eigenvalue weighted by molar-refractivity contribution is 0.0997. The summed E-state index contributed by atoms with van der Waals surface area (Å²) in [4.78, 5) is 23.2. The van der Waals surface area contributed by atoms with Gasteiger partial charge in [-0.05, 0) is 24.4 Å². The number of hydrogen-bond acceptors (Lipinski definition) is 5. The van der Waals surface area contributed by atoms with Crippen LogP contribution in [0.25, 0.3) is 0 Å². The summed E-state index contributed by atoms with van der Waals surface area (Å²) in [5.41, 5.74) is 5.45. The number of anilines is 1. The highest BCUT2D eigenvalue weighted by Crippen LogP contribution is 2.30. The van der Waals surface area contributed by atoms with Crippen molar-refractivity contribution in [3.63, 3.8) is 0 Å². The first kappa shape index (κ1) is 17.2. The first-order valence-electron chi connectivity index (χ1n) is 7.07. The van der Waals surface area contributed by atoms with E-state index in [1.165, 1.54) is 0 Å². The molecule has 0 saturated carbocycles. The largest absolute Gasteiger partial charge is 0.476 e. The minimum Gasteiger partial charge on any atom is -0.476 e. The summed E-state index contributed by atoms with van der Waals surface area (Å²) in [5.74, 6) is -0.494. The number of unbranched alkanes of at least 4 members (excludes halogenated alkanes) is 2. The van der Waals surface area contributed by atoms with E-state index in [-0.39, 0.29) is 17.5 Å². The number of rotatable bonds is 9. The lowest BCUT2D eigenvalue weighted by Crippen LogP contribution is -2.30. The van der Waals surface area contributed by atoms with Gasteiger partial charge in [0.05, 0.1) is 6.61 Å². The first-order valence-corrected chi connectivity index (χ1v) is 7.84. The van der Waals surface area contributed by atoms with Crippen molar-refractivity contribution in [2.75, 3.05) is 18.5 Å². The minimum absolute atomic E-state index is 0.122. The monoisotopic (exact) mass is 314 g/mol. The van der Waals surface area contributed by atoms with Crippen molar-refractivity contribution in [2.45, 2.75) is 39.5 Å². The van der Waals surface area contributed by atoms with E-state index in [1.54, 1.807) is 0 Å². The van der Waals surface area contributed by atoms with Gasteiger partial charge < -0.3 is 15.8 Å². The maximum Gasteiger partial charge on any atom is 0.319 e. The molecule has 0 saturated heterocycles. The van der Waals surface area contributed by atoms with Crippen molar-refractivity contribution in [1.82, 2.24) is 9.69 Å². The number of carbonyl (C=O) groups excluding carboxylic acids is 2. The maximum atomic E-state index is 11.7. The van der Waals surface area contributed by atoms with Crippen molar-refractivity contribution in [2.24, 2.45) is 5.73 Å². The van der Waals surface area contributed by atoms with Crippen LogP contribution >= 0.6 is 11.5 Å². The van der Waals surface area contributed by atoms with Gasteiger partial charge in [0.1, 0.15) is 10.6 Å². The Hall–Kier alpha value is -1.83. The van der Waals surface area contributed by atoms with E-state index in [1.807, 2.05) is 6.92 Å². The number of carbonyl (C=O) groups is 2. The summed E-state index contributed by atoms with van der Waals surface area (Å²) >= 11 is 0.979. The first-order chi connectivity index (χ1) is 10.1. The lowest BCUT2D eigenvalue weighted by atomic mass is 10.2. The van der Waals surface area contributed by atoms with Crippen LogP contribution < -0.4 is 21.1 Å². The zero-order valence-electron chi connectivity index (χ0n) is 12.4. The molecule has 1 rings (SSSR count). The average molecular weight is 314 g/mol. The highest BCUT2D eigenvalue weighted by molar-refractivity contribution is 7.11. The molecule has 0 unspecified atom stereocenters. The summed E-state index contributed by atoms with van der Waals surface area (Å²) in [6.45, 7) is 5.06. The molecule has 8 heteroatoms. The molecular weight excluding hydrogens is 292 g/mol. The fourth-order valence-corrected chi connectivity index (χ4v) is 2.34. The minimum atomic E-state index is -0.670. The van der Waals surface area contributed by atoms with Crippen LogP contribution in [0.2, 0.25) is 0 Å². The van der Waals surface area contributed by atoms with E-state index in [2.05, 4.69) is 21.9 Å². The fraction of sp³-hybridized carbons (Fsp3) is 0.615. The molecule has 0 bridgehead atoms. The predicted molar refractivity (Wildman–Crippen MR) is 83.0 cm³/mol. The van der Waals surface area contributed by atoms with Crippen molar-refractivity contribution in [3.05, 3.63) is 5.56 Å². The second-order valence-corrected chi connectivity index (χ2v) is 5.27.